The molecule has 0 bridgehead atoms. The lowest BCUT2D eigenvalue weighted by molar-refractivity contribution is -0.148. The molecule has 2 N–H and O–H groups in total. The predicted molar refractivity (Wildman–Crippen MR) is 153 cm³/mol. The third kappa shape index (κ3) is 6.15. The SMILES string of the molecule is O=C(N[C@H](C(=O)N1C[C@H]2CCCN2C[C@H]1C(=O)N[C@H]1c2ccccc2C[C@@H]1F)C1CCOCC1)OCc1ccccc1. The fourth-order valence-corrected chi connectivity index (χ4v) is 6.95. The Kier molecular flexibility index (Phi) is 8.71. The van der Waals surface area contributed by atoms with Crippen molar-refractivity contribution < 1.29 is 28.2 Å². The van der Waals surface area contributed by atoms with E-state index in [0.29, 0.717) is 39.1 Å². The van der Waals surface area contributed by atoms with Gasteiger partial charge in [0, 0.05) is 38.8 Å². The number of ether oxygens (including phenoxy) is 2. The average Bonchev–Trinajstić information content (AvgIpc) is 3.62. The van der Waals surface area contributed by atoms with Crippen LogP contribution in [0.15, 0.2) is 54.6 Å². The van der Waals surface area contributed by atoms with Gasteiger partial charge in [0.25, 0.3) is 0 Å². The molecule has 0 aromatic heterocycles. The average molecular weight is 579 g/mol. The van der Waals surface area contributed by atoms with E-state index in [-0.39, 0.29) is 36.8 Å². The summed E-state index contributed by atoms with van der Waals surface area (Å²) in [6, 6.07) is 14.6. The number of nitrogens with zero attached hydrogens (tertiary/aromatic N) is 2. The van der Waals surface area contributed by atoms with Gasteiger partial charge in [0.2, 0.25) is 11.8 Å². The summed E-state index contributed by atoms with van der Waals surface area (Å²) in [5, 5.41) is 5.80. The van der Waals surface area contributed by atoms with Crippen molar-refractivity contribution in [1.29, 1.82) is 0 Å². The van der Waals surface area contributed by atoms with Crippen LogP contribution in [0.3, 0.4) is 0 Å². The molecule has 3 fully saturated rings. The summed E-state index contributed by atoms with van der Waals surface area (Å²) in [6.45, 7) is 2.70. The summed E-state index contributed by atoms with van der Waals surface area (Å²) >= 11 is 0. The zero-order valence-electron chi connectivity index (χ0n) is 23.8. The lowest BCUT2D eigenvalue weighted by Crippen LogP contribution is -2.66. The third-order valence-electron chi connectivity index (χ3n) is 9.23. The Bertz CT molecular complexity index is 1270. The number of nitrogens with one attached hydrogen (secondary N) is 2. The first kappa shape index (κ1) is 28.6. The van der Waals surface area contributed by atoms with Crippen LogP contribution in [-0.4, -0.2) is 84.9 Å². The summed E-state index contributed by atoms with van der Waals surface area (Å²) in [5.41, 5.74) is 2.52. The van der Waals surface area contributed by atoms with E-state index in [2.05, 4.69) is 15.5 Å². The minimum Gasteiger partial charge on any atom is -0.445 e. The number of halogens is 1. The zero-order valence-corrected chi connectivity index (χ0v) is 23.8. The first-order chi connectivity index (χ1) is 20.5. The predicted octanol–water partition coefficient (Wildman–Crippen LogP) is 3.13. The molecule has 42 heavy (non-hydrogen) atoms. The molecule has 0 saturated carbocycles. The molecule has 0 spiro atoms. The highest BCUT2D eigenvalue weighted by Gasteiger charge is 2.46. The minimum atomic E-state index is -1.23. The number of carbonyl (C=O) groups excluding carboxylic acids is 3. The second-order valence-corrected chi connectivity index (χ2v) is 11.8. The highest BCUT2D eigenvalue weighted by atomic mass is 19.1. The molecule has 3 amide bonds. The number of carbonyl (C=O) groups is 3. The van der Waals surface area contributed by atoms with E-state index < -0.39 is 30.4 Å². The molecule has 2 aromatic rings. The molecule has 4 aliphatic rings. The van der Waals surface area contributed by atoms with Crippen molar-refractivity contribution in [2.75, 3.05) is 32.8 Å². The van der Waals surface area contributed by atoms with Crippen molar-refractivity contribution in [2.45, 2.75) is 69.1 Å². The quantitative estimate of drug-likeness (QED) is 0.524. The summed E-state index contributed by atoms with van der Waals surface area (Å²) in [7, 11) is 0. The third-order valence-corrected chi connectivity index (χ3v) is 9.23. The number of benzene rings is 2. The molecule has 10 heteroatoms. The maximum absolute atomic E-state index is 15.1. The number of alkyl halides is 1. The van der Waals surface area contributed by atoms with E-state index >= 15 is 4.39 Å². The van der Waals surface area contributed by atoms with Gasteiger partial charge in [0.15, 0.2) is 0 Å². The lowest BCUT2D eigenvalue weighted by atomic mass is 9.89. The van der Waals surface area contributed by atoms with Gasteiger partial charge in [-0.25, -0.2) is 9.18 Å². The van der Waals surface area contributed by atoms with E-state index in [0.717, 1.165) is 36.1 Å². The Hall–Kier alpha value is -3.50. The van der Waals surface area contributed by atoms with Crippen LogP contribution in [0.1, 0.15) is 48.4 Å². The molecule has 5 atom stereocenters. The fourth-order valence-electron chi connectivity index (χ4n) is 6.95. The highest BCUT2D eigenvalue weighted by Crippen LogP contribution is 2.34. The molecule has 1 aliphatic carbocycles. The van der Waals surface area contributed by atoms with Gasteiger partial charge in [0.05, 0.1) is 6.04 Å². The van der Waals surface area contributed by atoms with Crippen LogP contribution >= 0.6 is 0 Å². The summed E-state index contributed by atoms with van der Waals surface area (Å²) in [5.74, 6) is -0.818. The van der Waals surface area contributed by atoms with Crippen LogP contribution in [-0.2, 0) is 32.1 Å². The second-order valence-electron chi connectivity index (χ2n) is 11.8. The van der Waals surface area contributed by atoms with Crippen LogP contribution in [0, 0.1) is 5.92 Å². The zero-order chi connectivity index (χ0) is 29.1. The van der Waals surface area contributed by atoms with Crippen molar-refractivity contribution >= 4 is 17.9 Å². The van der Waals surface area contributed by atoms with E-state index in [1.54, 1.807) is 4.90 Å². The number of alkyl carbamates (subject to hydrolysis) is 1. The number of fused-ring (bicyclic) bond motifs is 2. The summed E-state index contributed by atoms with van der Waals surface area (Å²) in [6.07, 6.45) is 1.51. The smallest absolute Gasteiger partial charge is 0.408 e. The molecule has 0 radical (unpaired) electrons. The number of hydrogen-bond acceptors (Lipinski definition) is 6. The normalized spacial score (nSPS) is 26.6. The number of amides is 3. The van der Waals surface area contributed by atoms with Gasteiger partial charge in [-0.2, -0.15) is 0 Å². The summed E-state index contributed by atoms with van der Waals surface area (Å²) < 4.78 is 26.1. The van der Waals surface area contributed by atoms with Crippen LogP contribution in [0.4, 0.5) is 9.18 Å². The first-order valence-corrected chi connectivity index (χ1v) is 15.1. The van der Waals surface area contributed by atoms with Crippen molar-refractivity contribution in [2.24, 2.45) is 5.92 Å². The van der Waals surface area contributed by atoms with Crippen LogP contribution in [0.2, 0.25) is 0 Å². The van der Waals surface area contributed by atoms with Crippen LogP contribution in [0.25, 0.3) is 0 Å². The minimum absolute atomic E-state index is 0.0837. The molecule has 2 aromatic carbocycles. The molecular formula is C32H39FN4O5. The van der Waals surface area contributed by atoms with Gasteiger partial charge in [0.1, 0.15) is 24.9 Å². The van der Waals surface area contributed by atoms with Crippen LogP contribution < -0.4 is 10.6 Å². The number of piperazine rings is 1. The standard InChI is InChI=1S/C32H39FN4O5/c33-26-17-23-9-4-5-11-25(23)29(26)34-30(38)27-19-36-14-6-10-24(36)18-37(27)31(39)28(22-12-15-41-16-13-22)35-32(40)42-20-21-7-2-1-3-8-21/h1-5,7-9,11,22,24,26-29H,6,10,12-20H2,(H,34,38)(H,35,40)/t24-,26+,27+,28+,29+/m1/s1. The topological polar surface area (TPSA) is 100 Å². The molecule has 3 saturated heterocycles. The van der Waals surface area contributed by atoms with Crippen molar-refractivity contribution in [3.05, 3.63) is 71.3 Å². The van der Waals surface area contributed by atoms with E-state index in [1.807, 2.05) is 54.6 Å². The lowest BCUT2D eigenvalue weighted by Gasteiger charge is -2.45. The Morgan fingerprint density at radius 3 is 2.57 bits per heavy atom. The molecule has 9 nitrogen and oxygen atoms in total. The van der Waals surface area contributed by atoms with Gasteiger partial charge in [-0.15, -0.1) is 0 Å². The van der Waals surface area contributed by atoms with Gasteiger partial charge in [-0.1, -0.05) is 54.6 Å². The molecule has 224 valence electrons. The molecule has 3 heterocycles. The van der Waals surface area contributed by atoms with Crippen molar-refractivity contribution in [3.8, 4) is 0 Å². The second kappa shape index (κ2) is 12.8. The van der Waals surface area contributed by atoms with Gasteiger partial charge >= 0.3 is 6.09 Å². The van der Waals surface area contributed by atoms with Crippen LogP contribution in [0.5, 0.6) is 0 Å². The highest BCUT2D eigenvalue weighted by molar-refractivity contribution is 5.92. The van der Waals surface area contributed by atoms with Gasteiger partial charge in [-0.05, 0) is 54.8 Å². The van der Waals surface area contributed by atoms with Crippen molar-refractivity contribution in [1.82, 2.24) is 20.4 Å². The Morgan fingerprint density at radius 2 is 1.76 bits per heavy atom. The Balaban J connectivity index is 1.21. The van der Waals surface area contributed by atoms with E-state index in [1.165, 1.54) is 0 Å². The van der Waals surface area contributed by atoms with E-state index in [9.17, 15) is 14.4 Å². The maximum atomic E-state index is 15.1. The van der Waals surface area contributed by atoms with Gasteiger partial charge < -0.3 is 25.0 Å². The molecule has 3 aliphatic heterocycles. The number of hydrogen-bond donors (Lipinski definition) is 2. The molecule has 6 rings (SSSR count). The van der Waals surface area contributed by atoms with Gasteiger partial charge in [-0.3, -0.25) is 14.5 Å². The molecule has 0 unspecified atom stereocenters. The molecular weight excluding hydrogens is 539 g/mol. The monoisotopic (exact) mass is 578 g/mol. The van der Waals surface area contributed by atoms with E-state index in [4.69, 9.17) is 9.47 Å². The Morgan fingerprint density at radius 1 is 1.00 bits per heavy atom. The maximum Gasteiger partial charge on any atom is 0.408 e. The summed E-state index contributed by atoms with van der Waals surface area (Å²) in [4.78, 5) is 45.1. The Labute approximate surface area is 245 Å². The number of rotatable bonds is 7. The first-order valence-electron chi connectivity index (χ1n) is 15.1. The van der Waals surface area contributed by atoms with Crippen molar-refractivity contribution in [3.63, 3.8) is 0 Å². The fraction of sp³-hybridized carbons (Fsp3) is 0.531. The largest absolute Gasteiger partial charge is 0.445 e.